The maximum Gasteiger partial charge on any atom is 0.217 e. The number of halogens is 1. The molecule has 2 aliphatic heterocycles. The van der Waals surface area contributed by atoms with E-state index in [4.69, 9.17) is 35.6 Å². The van der Waals surface area contributed by atoms with Gasteiger partial charge in [0.05, 0.1) is 38.6 Å². The summed E-state index contributed by atoms with van der Waals surface area (Å²) < 4.78 is 23.0. The van der Waals surface area contributed by atoms with E-state index >= 15 is 0 Å². The Morgan fingerprint density at radius 3 is 2.61 bits per heavy atom. The Kier molecular flexibility index (Phi) is 5.42. The number of rotatable bonds is 5. The van der Waals surface area contributed by atoms with E-state index in [9.17, 15) is 5.11 Å². The normalized spacial score (nSPS) is 18.7. The van der Waals surface area contributed by atoms with Gasteiger partial charge in [-0.1, -0.05) is 17.7 Å². The van der Waals surface area contributed by atoms with Crippen molar-refractivity contribution in [2.75, 3.05) is 21.3 Å². The minimum atomic E-state index is -0.570. The Bertz CT molecular complexity index is 1250. The second-order valence-corrected chi connectivity index (χ2v) is 8.20. The highest BCUT2D eigenvalue weighted by Gasteiger charge is 2.42. The number of nitrogens with zero attached hydrogens (tertiary/aromatic N) is 2. The average molecular weight is 467 g/mol. The SMILES string of the molecule is COc1ccc(O)c(C2=NN3[C@H](C2)c2cc(Cl)ccc2O[C@H]3c2cccc(OC)c2OC)c1. The Balaban J connectivity index is 1.65. The van der Waals surface area contributed by atoms with Crippen molar-refractivity contribution in [2.24, 2.45) is 5.10 Å². The molecule has 0 spiro atoms. The molecule has 2 heterocycles. The molecule has 0 saturated heterocycles. The van der Waals surface area contributed by atoms with Crippen LogP contribution in [0.5, 0.6) is 28.7 Å². The van der Waals surface area contributed by atoms with Crippen molar-refractivity contribution < 1.29 is 24.1 Å². The first kappa shape index (κ1) is 21.3. The summed E-state index contributed by atoms with van der Waals surface area (Å²) in [6.45, 7) is 0. The van der Waals surface area contributed by atoms with Gasteiger partial charge in [0.2, 0.25) is 6.23 Å². The van der Waals surface area contributed by atoms with E-state index in [-0.39, 0.29) is 11.8 Å². The van der Waals surface area contributed by atoms with Crippen molar-refractivity contribution in [3.05, 3.63) is 76.3 Å². The van der Waals surface area contributed by atoms with Crippen LogP contribution in [0.3, 0.4) is 0 Å². The molecule has 3 aromatic rings. The Hall–Kier alpha value is -3.58. The maximum absolute atomic E-state index is 10.6. The zero-order valence-electron chi connectivity index (χ0n) is 18.4. The molecule has 1 N–H and O–H groups in total. The Morgan fingerprint density at radius 2 is 1.85 bits per heavy atom. The van der Waals surface area contributed by atoms with E-state index in [1.807, 2.05) is 35.3 Å². The molecule has 7 nitrogen and oxygen atoms in total. The van der Waals surface area contributed by atoms with Gasteiger partial charge in [-0.15, -0.1) is 0 Å². The fraction of sp³-hybridized carbons (Fsp3) is 0.240. The monoisotopic (exact) mass is 466 g/mol. The van der Waals surface area contributed by atoms with Crippen LogP contribution in [0.1, 0.15) is 35.4 Å². The van der Waals surface area contributed by atoms with Crippen molar-refractivity contribution in [2.45, 2.75) is 18.7 Å². The topological polar surface area (TPSA) is 72.8 Å². The molecule has 2 aliphatic rings. The molecule has 0 unspecified atom stereocenters. The third-order valence-electron chi connectivity index (χ3n) is 5.97. The van der Waals surface area contributed by atoms with E-state index in [1.165, 1.54) is 0 Å². The molecular formula is C25H23ClN2O5. The number of fused-ring (bicyclic) bond motifs is 3. The highest BCUT2D eigenvalue weighted by molar-refractivity contribution is 6.30. The predicted octanol–water partition coefficient (Wildman–Crippen LogP) is 5.31. The molecule has 8 heteroatoms. The van der Waals surface area contributed by atoms with Crippen LogP contribution in [0.2, 0.25) is 5.02 Å². The number of phenolic OH excluding ortho intramolecular Hbond substituents is 1. The van der Waals surface area contributed by atoms with E-state index in [0.29, 0.717) is 34.3 Å². The number of para-hydroxylation sites is 1. The third kappa shape index (κ3) is 3.58. The predicted molar refractivity (Wildman–Crippen MR) is 125 cm³/mol. The van der Waals surface area contributed by atoms with Crippen LogP contribution >= 0.6 is 11.6 Å². The van der Waals surface area contributed by atoms with Crippen molar-refractivity contribution in [3.63, 3.8) is 0 Å². The van der Waals surface area contributed by atoms with Crippen molar-refractivity contribution in [3.8, 4) is 28.7 Å². The molecule has 0 bridgehead atoms. The smallest absolute Gasteiger partial charge is 0.217 e. The molecule has 170 valence electrons. The molecule has 5 rings (SSSR count). The van der Waals surface area contributed by atoms with Gasteiger partial charge in [-0.25, -0.2) is 5.01 Å². The van der Waals surface area contributed by atoms with Gasteiger partial charge < -0.3 is 24.1 Å². The Morgan fingerprint density at radius 1 is 1.00 bits per heavy atom. The first-order chi connectivity index (χ1) is 16.0. The van der Waals surface area contributed by atoms with Gasteiger partial charge in [0, 0.05) is 22.6 Å². The largest absolute Gasteiger partial charge is 0.507 e. The molecule has 3 aromatic carbocycles. The lowest BCUT2D eigenvalue weighted by Crippen LogP contribution is -2.34. The molecular weight excluding hydrogens is 444 g/mol. The summed E-state index contributed by atoms with van der Waals surface area (Å²) >= 11 is 6.32. The summed E-state index contributed by atoms with van der Waals surface area (Å²) in [4.78, 5) is 0. The highest BCUT2D eigenvalue weighted by atomic mass is 35.5. The minimum Gasteiger partial charge on any atom is -0.507 e. The maximum atomic E-state index is 10.6. The fourth-order valence-electron chi connectivity index (χ4n) is 4.41. The summed E-state index contributed by atoms with van der Waals surface area (Å²) in [5.74, 6) is 2.68. The van der Waals surface area contributed by atoms with Crippen molar-refractivity contribution in [1.82, 2.24) is 5.01 Å². The number of hydrogen-bond donors (Lipinski definition) is 1. The fourth-order valence-corrected chi connectivity index (χ4v) is 4.59. The van der Waals surface area contributed by atoms with Crippen LogP contribution in [-0.4, -0.2) is 37.2 Å². The number of hydrogen-bond acceptors (Lipinski definition) is 7. The van der Waals surface area contributed by atoms with Crippen LogP contribution in [0, 0.1) is 0 Å². The summed E-state index contributed by atoms with van der Waals surface area (Å²) in [5.41, 5.74) is 3.05. The van der Waals surface area contributed by atoms with Crippen molar-refractivity contribution >= 4 is 17.3 Å². The standard InChI is InChI=1S/C25H23ClN2O5/c1-30-15-8-9-21(29)17(12-15)19-13-20-18-11-14(26)7-10-22(18)33-25(28(20)27-19)16-5-4-6-23(31-2)24(16)32-3/h4-12,20,25,29H,13H2,1-3H3/t20-,25+/m1/s1. The van der Waals surface area contributed by atoms with Crippen LogP contribution in [0.15, 0.2) is 59.7 Å². The summed E-state index contributed by atoms with van der Waals surface area (Å²) in [7, 11) is 4.79. The molecule has 0 radical (unpaired) electrons. The lowest BCUT2D eigenvalue weighted by Gasteiger charge is -2.38. The van der Waals surface area contributed by atoms with Gasteiger partial charge in [0.15, 0.2) is 11.5 Å². The first-order valence-corrected chi connectivity index (χ1v) is 10.8. The second kappa shape index (κ2) is 8.41. The van der Waals surface area contributed by atoms with Crippen LogP contribution in [0.25, 0.3) is 0 Å². The van der Waals surface area contributed by atoms with Gasteiger partial charge >= 0.3 is 0 Å². The highest BCUT2D eigenvalue weighted by Crippen LogP contribution is 2.51. The van der Waals surface area contributed by atoms with Gasteiger partial charge in [0.25, 0.3) is 0 Å². The molecule has 33 heavy (non-hydrogen) atoms. The summed E-state index contributed by atoms with van der Waals surface area (Å²) in [5, 5.41) is 18.0. The van der Waals surface area contributed by atoms with E-state index in [1.54, 1.807) is 45.6 Å². The molecule has 0 amide bonds. The lowest BCUT2D eigenvalue weighted by molar-refractivity contribution is -0.0205. The van der Waals surface area contributed by atoms with Crippen LogP contribution < -0.4 is 18.9 Å². The van der Waals surface area contributed by atoms with Gasteiger partial charge in [-0.2, -0.15) is 5.10 Å². The van der Waals surface area contributed by atoms with Crippen molar-refractivity contribution in [1.29, 1.82) is 0 Å². The van der Waals surface area contributed by atoms with Gasteiger partial charge in [-0.05, 0) is 48.5 Å². The second-order valence-electron chi connectivity index (χ2n) is 7.76. The van der Waals surface area contributed by atoms with E-state index in [0.717, 1.165) is 22.6 Å². The zero-order valence-corrected chi connectivity index (χ0v) is 19.2. The number of ether oxygens (including phenoxy) is 4. The molecule has 0 aromatic heterocycles. The Labute approximate surface area is 196 Å². The van der Waals surface area contributed by atoms with Gasteiger partial charge in [-0.3, -0.25) is 0 Å². The number of hydrazone groups is 1. The number of phenols is 1. The third-order valence-corrected chi connectivity index (χ3v) is 6.20. The zero-order chi connectivity index (χ0) is 23.1. The number of methoxy groups -OCH3 is 3. The van der Waals surface area contributed by atoms with Gasteiger partial charge in [0.1, 0.15) is 17.2 Å². The molecule has 0 aliphatic carbocycles. The summed E-state index contributed by atoms with van der Waals surface area (Å²) in [6, 6.07) is 16.2. The molecule has 2 atom stereocenters. The lowest BCUT2D eigenvalue weighted by atomic mass is 9.95. The number of aromatic hydroxyl groups is 1. The van der Waals surface area contributed by atoms with E-state index < -0.39 is 6.23 Å². The molecule has 0 saturated carbocycles. The average Bonchev–Trinajstić information content (AvgIpc) is 3.29. The summed E-state index contributed by atoms with van der Waals surface area (Å²) in [6.07, 6.45) is -0.0146. The molecule has 0 fully saturated rings. The minimum absolute atomic E-state index is 0.136. The van der Waals surface area contributed by atoms with Crippen LogP contribution in [-0.2, 0) is 0 Å². The number of benzene rings is 3. The quantitative estimate of drug-likeness (QED) is 0.549. The van der Waals surface area contributed by atoms with E-state index in [2.05, 4.69) is 0 Å². The first-order valence-electron chi connectivity index (χ1n) is 10.4. The van der Waals surface area contributed by atoms with Crippen LogP contribution in [0.4, 0.5) is 0 Å².